The Labute approximate surface area is 101 Å². The van der Waals surface area contributed by atoms with Crippen LogP contribution in [0.5, 0.6) is 0 Å². The van der Waals surface area contributed by atoms with E-state index < -0.39 is 6.10 Å². The summed E-state index contributed by atoms with van der Waals surface area (Å²) in [6.07, 6.45) is 3.13. The second-order valence-electron chi connectivity index (χ2n) is 4.01. The van der Waals surface area contributed by atoms with E-state index in [1.165, 1.54) is 24.1 Å². The Morgan fingerprint density at radius 2 is 2.00 bits per heavy atom. The largest absolute Gasteiger partial charge is 0.384 e. The summed E-state index contributed by atoms with van der Waals surface area (Å²) < 4.78 is 0. The van der Waals surface area contributed by atoms with Crippen LogP contribution in [0, 0.1) is 0 Å². The number of aryl methyl sites for hydroxylation is 1. The molecular weight excluding hydrogens is 230 g/mol. The molecule has 0 bridgehead atoms. The predicted molar refractivity (Wildman–Crippen MR) is 61.3 cm³/mol. The third-order valence-electron chi connectivity index (χ3n) is 2.70. The summed E-state index contributed by atoms with van der Waals surface area (Å²) in [4.78, 5) is 3.62. The maximum Gasteiger partial charge on any atom is 0.204 e. The van der Waals surface area contributed by atoms with Gasteiger partial charge in [0.1, 0.15) is 6.10 Å². The molecule has 92 valence electrons. The predicted octanol–water partition coefficient (Wildman–Crippen LogP) is 0.151. The van der Waals surface area contributed by atoms with E-state index in [9.17, 15) is 5.11 Å². The Hall–Kier alpha value is -0.720. The maximum atomic E-state index is 9.87. The van der Waals surface area contributed by atoms with Crippen LogP contribution in [0.3, 0.4) is 0 Å². The normalized spacial score (nSPS) is 19.1. The Bertz CT molecular complexity index is 313. The van der Waals surface area contributed by atoms with Gasteiger partial charge in [0.25, 0.3) is 0 Å². The van der Waals surface area contributed by atoms with Gasteiger partial charge in [-0.15, -0.1) is 22.6 Å². The number of nitrogens with zero attached hydrogens (tertiary/aromatic N) is 5. The van der Waals surface area contributed by atoms with Gasteiger partial charge >= 0.3 is 0 Å². The summed E-state index contributed by atoms with van der Waals surface area (Å²) in [6, 6.07) is 0. The van der Waals surface area contributed by atoms with Crippen LogP contribution >= 0.6 is 12.4 Å². The van der Waals surface area contributed by atoms with Gasteiger partial charge in [-0.1, -0.05) is 6.42 Å². The third-order valence-corrected chi connectivity index (χ3v) is 2.70. The van der Waals surface area contributed by atoms with Gasteiger partial charge in [-0.2, -0.15) is 4.80 Å². The Morgan fingerprint density at radius 1 is 1.31 bits per heavy atom. The van der Waals surface area contributed by atoms with Gasteiger partial charge in [-0.3, -0.25) is 0 Å². The molecule has 1 aromatic heterocycles. The highest BCUT2D eigenvalue weighted by molar-refractivity contribution is 5.85. The lowest BCUT2D eigenvalue weighted by Gasteiger charge is -2.27. The molecule has 2 rings (SSSR count). The molecule has 0 aromatic carbocycles. The average molecular weight is 248 g/mol. The van der Waals surface area contributed by atoms with Gasteiger partial charge in [-0.05, 0) is 31.1 Å². The van der Waals surface area contributed by atoms with Crippen molar-refractivity contribution in [1.29, 1.82) is 0 Å². The zero-order valence-electron chi connectivity index (χ0n) is 9.41. The molecule has 1 unspecified atom stereocenters. The van der Waals surface area contributed by atoms with Crippen molar-refractivity contribution in [2.45, 2.75) is 25.4 Å². The van der Waals surface area contributed by atoms with Crippen molar-refractivity contribution >= 4 is 12.4 Å². The number of rotatable bonds is 3. The van der Waals surface area contributed by atoms with E-state index in [2.05, 4.69) is 20.3 Å². The summed E-state index contributed by atoms with van der Waals surface area (Å²) >= 11 is 0. The summed E-state index contributed by atoms with van der Waals surface area (Å²) in [7, 11) is 1.70. The number of hydrogen-bond acceptors (Lipinski definition) is 5. The van der Waals surface area contributed by atoms with Gasteiger partial charge < -0.3 is 10.0 Å². The number of aliphatic hydroxyl groups excluding tert-OH is 1. The van der Waals surface area contributed by atoms with Gasteiger partial charge in [0, 0.05) is 6.54 Å². The molecule has 16 heavy (non-hydrogen) atoms. The Balaban J connectivity index is 0.00000128. The van der Waals surface area contributed by atoms with Crippen molar-refractivity contribution in [3.8, 4) is 0 Å². The minimum Gasteiger partial charge on any atom is -0.384 e. The number of piperidine rings is 1. The zero-order chi connectivity index (χ0) is 10.7. The minimum atomic E-state index is -0.614. The lowest BCUT2D eigenvalue weighted by Crippen LogP contribution is -2.33. The van der Waals surface area contributed by atoms with E-state index in [1.54, 1.807) is 7.05 Å². The smallest absolute Gasteiger partial charge is 0.204 e. The van der Waals surface area contributed by atoms with Crippen LogP contribution in [-0.2, 0) is 7.05 Å². The Kier molecular flexibility index (Phi) is 5.11. The first kappa shape index (κ1) is 13.3. The SMILES string of the molecule is Cl.Cn1nnc(C(O)CN2CCCCC2)n1. The molecule has 1 fully saturated rings. The second kappa shape index (κ2) is 6.12. The van der Waals surface area contributed by atoms with Crippen LogP contribution in [0.2, 0.25) is 0 Å². The fraction of sp³-hybridized carbons (Fsp3) is 0.889. The van der Waals surface area contributed by atoms with Gasteiger partial charge in [-0.25, -0.2) is 0 Å². The van der Waals surface area contributed by atoms with Crippen LogP contribution in [0.4, 0.5) is 0 Å². The highest BCUT2D eigenvalue weighted by atomic mass is 35.5. The number of halogens is 1. The number of aliphatic hydroxyl groups is 1. The van der Waals surface area contributed by atoms with E-state index in [0.29, 0.717) is 12.4 Å². The fourth-order valence-corrected chi connectivity index (χ4v) is 1.90. The molecule has 1 aliphatic heterocycles. The minimum absolute atomic E-state index is 0. The highest BCUT2D eigenvalue weighted by Crippen LogP contribution is 2.13. The van der Waals surface area contributed by atoms with E-state index in [-0.39, 0.29) is 12.4 Å². The van der Waals surface area contributed by atoms with Crippen molar-refractivity contribution in [3.05, 3.63) is 5.82 Å². The molecule has 1 aliphatic rings. The summed E-state index contributed by atoms with van der Waals surface area (Å²) in [5.41, 5.74) is 0. The molecule has 7 heteroatoms. The van der Waals surface area contributed by atoms with Crippen molar-refractivity contribution < 1.29 is 5.11 Å². The molecule has 0 spiro atoms. The van der Waals surface area contributed by atoms with Crippen LogP contribution < -0.4 is 0 Å². The monoisotopic (exact) mass is 247 g/mol. The van der Waals surface area contributed by atoms with Crippen LogP contribution in [0.15, 0.2) is 0 Å². The maximum absolute atomic E-state index is 9.87. The van der Waals surface area contributed by atoms with E-state index in [0.717, 1.165) is 13.1 Å². The first-order valence-corrected chi connectivity index (χ1v) is 5.40. The van der Waals surface area contributed by atoms with Crippen molar-refractivity contribution in [3.63, 3.8) is 0 Å². The standard InChI is InChI=1S/C9H17N5O.ClH/c1-13-11-9(10-12-13)8(15)7-14-5-3-2-4-6-14;/h8,15H,2-7H2,1H3;1H. The van der Waals surface area contributed by atoms with Gasteiger partial charge in [0.2, 0.25) is 5.82 Å². The molecule has 1 saturated heterocycles. The summed E-state index contributed by atoms with van der Waals surface area (Å²) in [6.45, 7) is 2.75. The van der Waals surface area contributed by atoms with E-state index in [1.807, 2.05) is 0 Å². The molecule has 0 amide bonds. The van der Waals surface area contributed by atoms with Crippen molar-refractivity contribution in [1.82, 2.24) is 25.1 Å². The van der Waals surface area contributed by atoms with Gasteiger partial charge in [0.05, 0.1) is 7.05 Å². The zero-order valence-corrected chi connectivity index (χ0v) is 10.2. The Morgan fingerprint density at radius 3 is 2.56 bits per heavy atom. The second-order valence-corrected chi connectivity index (χ2v) is 4.01. The topological polar surface area (TPSA) is 67.1 Å². The number of tetrazole rings is 1. The third kappa shape index (κ3) is 3.40. The lowest BCUT2D eigenvalue weighted by molar-refractivity contribution is 0.0950. The van der Waals surface area contributed by atoms with Crippen LogP contribution in [-0.4, -0.2) is 49.8 Å². The average Bonchev–Trinajstić information content (AvgIpc) is 2.66. The van der Waals surface area contributed by atoms with Crippen molar-refractivity contribution in [2.24, 2.45) is 7.05 Å². The molecular formula is C9H18ClN5O. The van der Waals surface area contributed by atoms with Crippen molar-refractivity contribution in [2.75, 3.05) is 19.6 Å². The molecule has 0 saturated carbocycles. The first-order chi connectivity index (χ1) is 7.25. The molecule has 1 aromatic rings. The highest BCUT2D eigenvalue weighted by Gasteiger charge is 2.18. The van der Waals surface area contributed by atoms with Crippen LogP contribution in [0.25, 0.3) is 0 Å². The molecule has 6 nitrogen and oxygen atoms in total. The fourth-order valence-electron chi connectivity index (χ4n) is 1.90. The number of β-amino-alcohol motifs (C(OH)–C–C–N with tert-alkyl or cyclic N) is 1. The quantitative estimate of drug-likeness (QED) is 0.824. The first-order valence-electron chi connectivity index (χ1n) is 5.40. The molecule has 1 atom stereocenters. The van der Waals surface area contributed by atoms with E-state index in [4.69, 9.17) is 0 Å². The number of likely N-dealkylation sites (tertiary alicyclic amines) is 1. The van der Waals surface area contributed by atoms with Gasteiger partial charge in [0.15, 0.2) is 0 Å². The van der Waals surface area contributed by atoms with Crippen LogP contribution in [0.1, 0.15) is 31.2 Å². The lowest BCUT2D eigenvalue weighted by atomic mass is 10.1. The number of aromatic nitrogens is 4. The summed E-state index contributed by atoms with van der Waals surface area (Å²) in [5.74, 6) is 0.420. The molecule has 0 aliphatic carbocycles. The molecule has 2 heterocycles. The summed E-state index contributed by atoms with van der Waals surface area (Å²) in [5, 5.41) is 21.4. The molecule has 0 radical (unpaired) electrons. The number of hydrogen-bond donors (Lipinski definition) is 1. The van der Waals surface area contributed by atoms with E-state index >= 15 is 0 Å². The molecule has 1 N–H and O–H groups in total.